The zero-order chi connectivity index (χ0) is 12.8. The molecule has 0 heterocycles. The molecule has 0 aliphatic carbocycles. The molecule has 2 nitrogen and oxygen atoms in total. The smallest absolute Gasteiger partial charge is 0.307 e. The molecule has 0 aromatic heterocycles. The first-order valence-electron chi connectivity index (χ1n) is 6.43. The zero-order valence-corrected chi connectivity index (χ0v) is 11.0. The van der Waals surface area contributed by atoms with Gasteiger partial charge in [-0.05, 0) is 18.9 Å². The van der Waals surface area contributed by atoms with Gasteiger partial charge in [-0.2, -0.15) is 0 Å². The van der Waals surface area contributed by atoms with E-state index in [0.717, 1.165) is 6.42 Å². The monoisotopic (exact) mass is 236 g/mol. The van der Waals surface area contributed by atoms with Crippen molar-refractivity contribution in [3.63, 3.8) is 0 Å². The maximum absolute atomic E-state index is 10.4. The maximum atomic E-state index is 10.4. The van der Waals surface area contributed by atoms with Crippen LogP contribution in [0.15, 0.2) is 36.6 Å². The second kappa shape index (κ2) is 12.8. The second-order valence-corrected chi connectivity index (χ2v) is 3.95. The Morgan fingerprint density at radius 3 is 2.41 bits per heavy atom. The Hall–Kier alpha value is -1.31. The lowest BCUT2D eigenvalue weighted by Gasteiger charge is -1.95. The second-order valence-electron chi connectivity index (χ2n) is 3.95. The van der Waals surface area contributed by atoms with Gasteiger partial charge in [-0.3, -0.25) is 4.79 Å². The molecule has 96 valence electrons. The van der Waals surface area contributed by atoms with Crippen LogP contribution in [0.2, 0.25) is 0 Å². The molecule has 0 saturated carbocycles. The fraction of sp³-hybridized carbons (Fsp3) is 0.533. The molecular formula is C15H24O2. The van der Waals surface area contributed by atoms with Crippen LogP contribution >= 0.6 is 0 Å². The zero-order valence-electron chi connectivity index (χ0n) is 11.0. The molecule has 0 unspecified atom stereocenters. The highest BCUT2D eigenvalue weighted by atomic mass is 16.5. The van der Waals surface area contributed by atoms with E-state index >= 15 is 0 Å². The van der Waals surface area contributed by atoms with Crippen molar-refractivity contribution in [2.75, 3.05) is 0 Å². The van der Waals surface area contributed by atoms with Gasteiger partial charge in [0.15, 0.2) is 0 Å². The maximum Gasteiger partial charge on any atom is 0.307 e. The van der Waals surface area contributed by atoms with E-state index in [-0.39, 0.29) is 5.97 Å². The number of hydrogen-bond donors (Lipinski definition) is 0. The summed E-state index contributed by atoms with van der Waals surface area (Å²) in [5.74, 6) is -0.294. The van der Waals surface area contributed by atoms with Crippen LogP contribution in [0.25, 0.3) is 0 Å². The summed E-state index contributed by atoms with van der Waals surface area (Å²) in [6.45, 7) is 3.61. The van der Waals surface area contributed by atoms with Gasteiger partial charge in [0.2, 0.25) is 0 Å². The van der Waals surface area contributed by atoms with Crippen LogP contribution < -0.4 is 0 Å². The standard InChI is InChI=1S/C15H24O2/c1-3-4-5-6-7-8-9-10-11-12-13-14-17-15(2)16/h9-14H,3-8H2,1-2H3. The van der Waals surface area contributed by atoms with E-state index in [1.165, 1.54) is 45.3 Å². The number of carbonyl (C=O) groups excluding carboxylic acids is 1. The Bertz CT molecular complexity index is 262. The van der Waals surface area contributed by atoms with Gasteiger partial charge in [-0.15, -0.1) is 0 Å². The Morgan fingerprint density at radius 1 is 1.00 bits per heavy atom. The lowest BCUT2D eigenvalue weighted by molar-refractivity contribution is -0.135. The SMILES string of the molecule is CCCCCCCC=CC=CC=COC(C)=O. The third kappa shape index (κ3) is 14.7. The minimum atomic E-state index is -0.294. The van der Waals surface area contributed by atoms with E-state index in [1.54, 1.807) is 6.08 Å². The van der Waals surface area contributed by atoms with Crippen molar-refractivity contribution in [1.82, 2.24) is 0 Å². The molecule has 0 spiro atoms. The van der Waals surface area contributed by atoms with Gasteiger partial charge in [0.05, 0.1) is 6.26 Å². The van der Waals surface area contributed by atoms with E-state index in [2.05, 4.69) is 17.7 Å². The largest absolute Gasteiger partial charge is 0.435 e. The molecular weight excluding hydrogens is 212 g/mol. The first-order valence-corrected chi connectivity index (χ1v) is 6.43. The molecule has 0 radical (unpaired) electrons. The van der Waals surface area contributed by atoms with Crippen molar-refractivity contribution in [2.24, 2.45) is 0 Å². The predicted molar refractivity (Wildman–Crippen MR) is 72.6 cm³/mol. The molecule has 0 aromatic rings. The lowest BCUT2D eigenvalue weighted by Crippen LogP contribution is -1.88. The molecule has 0 saturated heterocycles. The Kier molecular flexibility index (Phi) is 11.8. The van der Waals surface area contributed by atoms with Crippen molar-refractivity contribution in [1.29, 1.82) is 0 Å². The van der Waals surface area contributed by atoms with Gasteiger partial charge < -0.3 is 4.74 Å². The van der Waals surface area contributed by atoms with Crippen molar-refractivity contribution in [3.05, 3.63) is 36.6 Å². The molecule has 0 amide bonds. The van der Waals surface area contributed by atoms with Gasteiger partial charge in [-0.1, -0.05) is 56.9 Å². The topological polar surface area (TPSA) is 26.3 Å². The van der Waals surface area contributed by atoms with E-state index in [4.69, 9.17) is 0 Å². The lowest BCUT2D eigenvalue weighted by atomic mass is 10.1. The first kappa shape index (κ1) is 15.7. The summed E-state index contributed by atoms with van der Waals surface area (Å²) in [7, 11) is 0. The summed E-state index contributed by atoms with van der Waals surface area (Å²) in [5, 5.41) is 0. The highest BCUT2D eigenvalue weighted by molar-refractivity contribution is 5.66. The van der Waals surface area contributed by atoms with Crippen LogP contribution in [0.4, 0.5) is 0 Å². The Balaban J connectivity index is 3.37. The highest BCUT2D eigenvalue weighted by Crippen LogP contribution is 2.05. The van der Waals surface area contributed by atoms with Crippen LogP contribution in [-0.2, 0) is 9.53 Å². The van der Waals surface area contributed by atoms with Gasteiger partial charge in [-0.25, -0.2) is 0 Å². The van der Waals surface area contributed by atoms with E-state index in [0.29, 0.717) is 0 Å². The molecule has 0 N–H and O–H groups in total. The summed E-state index contributed by atoms with van der Waals surface area (Å²) in [6.07, 6.45) is 18.8. The summed E-state index contributed by atoms with van der Waals surface area (Å²) < 4.78 is 4.63. The molecule has 0 aliphatic rings. The highest BCUT2D eigenvalue weighted by Gasteiger charge is 1.85. The number of carbonyl (C=O) groups is 1. The summed E-state index contributed by atoms with van der Waals surface area (Å²) in [6, 6.07) is 0. The van der Waals surface area contributed by atoms with E-state index in [1.807, 2.05) is 18.2 Å². The summed E-state index contributed by atoms with van der Waals surface area (Å²) in [5.41, 5.74) is 0. The van der Waals surface area contributed by atoms with Crippen LogP contribution in [0.3, 0.4) is 0 Å². The minimum absolute atomic E-state index is 0.294. The van der Waals surface area contributed by atoms with Gasteiger partial charge in [0.1, 0.15) is 0 Å². The fourth-order valence-corrected chi connectivity index (χ4v) is 1.35. The molecule has 0 bridgehead atoms. The van der Waals surface area contributed by atoms with E-state index < -0.39 is 0 Å². The van der Waals surface area contributed by atoms with Crippen molar-refractivity contribution in [2.45, 2.75) is 52.4 Å². The molecule has 0 atom stereocenters. The number of rotatable bonds is 9. The molecule has 0 aromatic carbocycles. The summed E-state index contributed by atoms with van der Waals surface area (Å²) in [4.78, 5) is 10.4. The Labute approximate surface area is 105 Å². The quantitative estimate of drug-likeness (QED) is 0.254. The molecule has 2 heteroatoms. The third-order valence-electron chi connectivity index (χ3n) is 2.26. The van der Waals surface area contributed by atoms with Crippen molar-refractivity contribution < 1.29 is 9.53 Å². The predicted octanol–water partition coefficient (Wildman–Crippen LogP) is 4.54. The van der Waals surface area contributed by atoms with Crippen molar-refractivity contribution >= 4 is 5.97 Å². The number of allylic oxidation sites excluding steroid dienone is 5. The number of ether oxygens (including phenoxy) is 1. The fourth-order valence-electron chi connectivity index (χ4n) is 1.35. The average molecular weight is 236 g/mol. The average Bonchev–Trinajstić information content (AvgIpc) is 2.30. The van der Waals surface area contributed by atoms with Gasteiger partial charge in [0, 0.05) is 6.92 Å². The van der Waals surface area contributed by atoms with Crippen LogP contribution in [0, 0.1) is 0 Å². The molecule has 17 heavy (non-hydrogen) atoms. The van der Waals surface area contributed by atoms with Crippen LogP contribution in [0.5, 0.6) is 0 Å². The number of esters is 1. The third-order valence-corrected chi connectivity index (χ3v) is 2.26. The van der Waals surface area contributed by atoms with E-state index in [9.17, 15) is 4.79 Å². The molecule has 0 aliphatic heterocycles. The first-order chi connectivity index (χ1) is 8.27. The summed E-state index contributed by atoms with van der Waals surface area (Å²) >= 11 is 0. The van der Waals surface area contributed by atoms with Crippen molar-refractivity contribution in [3.8, 4) is 0 Å². The minimum Gasteiger partial charge on any atom is -0.435 e. The molecule has 0 fully saturated rings. The van der Waals surface area contributed by atoms with Crippen LogP contribution in [-0.4, -0.2) is 5.97 Å². The van der Waals surface area contributed by atoms with Crippen LogP contribution in [0.1, 0.15) is 52.4 Å². The van der Waals surface area contributed by atoms with Gasteiger partial charge in [0.25, 0.3) is 0 Å². The number of unbranched alkanes of at least 4 members (excludes halogenated alkanes) is 5. The normalized spacial score (nSPS) is 11.9. The number of hydrogen-bond acceptors (Lipinski definition) is 2. The molecule has 0 rings (SSSR count). The van der Waals surface area contributed by atoms with Gasteiger partial charge >= 0.3 is 5.97 Å². The Morgan fingerprint density at radius 2 is 1.71 bits per heavy atom.